The molecule has 2 unspecified atom stereocenters. The normalized spacial score (nSPS) is 33.4. The predicted molar refractivity (Wildman–Crippen MR) is 70.0 cm³/mol. The van der Waals surface area contributed by atoms with Crippen molar-refractivity contribution in [2.45, 2.75) is 42.7 Å². The van der Waals surface area contributed by atoms with E-state index in [4.69, 9.17) is 0 Å². The molecule has 2 saturated heterocycles. The predicted octanol–water partition coefficient (Wildman–Crippen LogP) is 1.22. The van der Waals surface area contributed by atoms with Crippen LogP contribution in [0.3, 0.4) is 0 Å². The lowest BCUT2D eigenvalue weighted by atomic mass is 10.0. The number of hydrogen-bond donors (Lipinski definition) is 3. The first-order valence-electron chi connectivity index (χ1n) is 5.69. The molecule has 0 aliphatic carbocycles. The quantitative estimate of drug-likeness (QED) is 0.530. The summed E-state index contributed by atoms with van der Waals surface area (Å²) in [5.41, 5.74) is 0. The van der Waals surface area contributed by atoms with Crippen LogP contribution in [0.2, 0.25) is 0 Å². The van der Waals surface area contributed by atoms with Crippen molar-refractivity contribution in [3.8, 4) is 0 Å². The van der Waals surface area contributed by atoms with E-state index in [0.29, 0.717) is 11.0 Å². The van der Waals surface area contributed by atoms with Crippen molar-refractivity contribution in [1.82, 2.24) is 16.0 Å². The maximum Gasteiger partial charge on any atom is 0.0645 e. The van der Waals surface area contributed by atoms with Gasteiger partial charge in [0.05, 0.1) is 4.95 Å². The second-order valence-corrected chi connectivity index (χ2v) is 5.44. The lowest BCUT2D eigenvalue weighted by Crippen LogP contribution is -2.49. The Labute approximate surface area is 107 Å². The van der Waals surface area contributed by atoms with Gasteiger partial charge in [0, 0.05) is 12.1 Å². The topological polar surface area (TPSA) is 36.1 Å². The van der Waals surface area contributed by atoms with Crippen LogP contribution in [0, 0.1) is 0 Å². The van der Waals surface area contributed by atoms with Gasteiger partial charge >= 0.3 is 0 Å². The van der Waals surface area contributed by atoms with Gasteiger partial charge in [0.15, 0.2) is 0 Å². The minimum atomic E-state index is 0. The van der Waals surface area contributed by atoms with E-state index in [1.165, 1.54) is 38.8 Å². The summed E-state index contributed by atoms with van der Waals surface area (Å²) in [6, 6.07) is 1.46. The van der Waals surface area contributed by atoms with Crippen molar-refractivity contribution in [2.24, 2.45) is 0 Å². The van der Waals surface area contributed by atoms with Crippen LogP contribution >= 0.6 is 28.3 Å². The van der Waals surface area contributed by atoms with Gasteiger partial charge in [0.1, 0.15) is 0 Å². The van der Waals surface area contributed by atoms with Crippen molar-refractivity contribution in [1.29, 1.82) is 0 Å². The molecule has 0 saturated carbocycles. The Bertz CT molecular complexity index is 176. The van der Waals surface area contributed by atoms with Gasteiger partial charge in [-0.2, -0.15) is 0 Å². The molecule has 90 valence electrons. The minimum Gasteiger partial charge on any atom is -0.317 e. The average molecular weight is 299 g/mol. The van der Waals surface area contributed by atoms with Crippen molar-refractivity contribution in [2.75, 3.05) is 19.6 Å². The number of halogens is 2. The minimum absolute atomic E-state index is 0. The molecule has 2 rings (SSSR count). The largest absolute Gasteiger partial charge is 0.317 e. The number of alkyl halides is 1. The van der Waals surface area contributed by atoms with Crippen molar-refractivity contribution in [3.63, 3.8) is 0 Å². The van der Waals surface area contributed by atoms with Crippen molar-refractivity contribution < 1.29 is 0 Å². The Balaban J connectivity index is 0.00000112. The lowest BCUT2D eigenvalue weighted by Gasteiger charge is -2.33. The number of hydrogen-bond acceptors (Lipinski definition) is 3. The zero-order chi connectivity index (χ0) is 9.80. The van der Waals surface area contributed by atoms with Gasteiger partial charge in [-0.1, -0.05) is 15.9 Å². The van der Waals surface area contributed by atoms with E-state index in [0.717, 1.165) is 12.6 Å². The van der Waals surface area contributed by atoms with Crippen LogP contribution in [0.1, 0.15) is 25.7 Å². The smallest absolute Gasteiger partial charge is 0.0645 e. The molecule has 0 amide bonds. The van der Waals surface area contributed by atoms with E-state index < -0.39 is 0 Å². The summed E-state index contributed by atoms with van der Waals surface area (Å²) in [6.45, 7) is 3.50. The summed E-state index contributed by atoms with van der Waals surface area (Å²) < 4.78 is 0. The second-order valence-electron chi connectivity index (χ2n) is 4.33. The zero-order valence-corrected chi connectivity index (χ0v) is 11.4. The Morgan fingerprint density at radius 2 is 1.67 bits per heavy atom. The highest BCUT2D eigenvalue weighted by Gasteiger charge is 2.22. The summed E-state index contributed by atoms with van der Waals surface area (Å²) >= 11 is 3.63. The van der Waals surface area contributed by atoms with Crippen LogP contribution in [-0.4, -0.2) is 36.7 Å². The monoisotopic (exact) mass is 297 g/mol. The maximum absolute atomic E-state index is 3.78. The highest BCUT2D eigenvalue weighted by atomic mass is 79.9. The Morgan fingerprint density at radius 1 is 1.00 bits per heavy atom. The van der Waals surface area contributed by atoms with E-state index in [2.05, 4.69) is 31.9 Å². The Hall–Kier alpha value is 0.650. The number of rotatable bonds is 2. The molecule has 0 radical (unpaired) electrons. The molecule has 15 heavy (non-hydrogen) atoms. The lowest BCUT2D eigenvalue weighted by molar-refractivity contribution is 0.300. The third-order valence-electron chi connectivity index (χ3n) is 3.16. The van der Waals surface area contributed by atoms with E-state index in [-0.39, 0.29) is 12.4 Å². The fraction of sp³-hybridized carbons (Fsp3) is 1.00. The highest BCUT2D eigenvalue weighted by Crippen LogP contribution is 2.15. The van der Waals surface area contributed by atoms with Gasteiger partial charge in [-0.05, 0) is 45.3 Å². The van der Waals surface area contributed by atoms with E-state index in [9.17, 15) is 0 Å². The molecule has 2 heterocycles. The van der Waals surface area contributed by atoms with Crippen LogP contribution in [-0.2, 0) is 0 Å². The summed E-state index contributed by atoms with van der Waals surface area (Å²) in [7, 11) is 0. The molecule has 2 fully saturated rings. The van der Waals surface area contributed by atoms with Gasteiger partial charge < -0.3 is 16.0 Å². The molecule has 0 bridgehead atoms. The van der Waals surface area contributed by atoms with Gasteiger partial charge in [0.2, 0.25) is 0 Å². The van der Waals surface area contributed by atoms with Crippen LogP contribution < -0.4 is 16.0 Å². The molecule has 3 N–H and O–H groups in total. The van der Waals surface area contributed by atoms with Crippen molar-refractivity contribution in [3.05, 3.63) is 0 Å². The van der Waals surface area contributed by atoms with Crippen LogP contribution in [0.5, 0.6) is 0 Å². The standard InChI is InChI=1S/C10H20BrN3.ClH/c11-10-7-9(3-6-13-10)14-8-1-4-12-5-2-8;/h8-10,12-14H,1-7H2;1H. The van der Waals surface area contributed by atoms with Gasteiger partial charge in [-0.15, -0.1) is 12.4 Å². The van der Waals surface area contributed by atoms with Crippen LogP contribution in [0.25, 0.3) is 0 Å². The molecule has 0 aromatic rings. The first-order chi connectivity index (χ1) is 6.84. The summed E-state index contributed by atoms with van der Waals surface area (Å²) in [6.07, 6.45) is 5.06. The summed E-state index contributed by atoms with van der Waals surface area (Å²) in [5, 5.41) is 10.6. The molecule has 2 aliphatic heterocycles. The summed E-state index contributed by atoms with van der Waals surface area (Å²) in [4.78, 5) is 0.510. The highest BCUT2D eigenvalue weighted by molar-refractivity contribution is 9.09. The molecule has 2 atom stereocenters. The SMILES string of the molecule is BrC1CC(NC2CCNCC2)CCN1.Cl. The Morgan fingerprint density at radius 3 is 2.33 bits per heavy atom. The third-order valence-corrected chi connectivity index (χ3v) is 3.86. The molecular weight excluding hydrogens is 277 g/mol. The fourth-order valence-corrected chi connectivity index (χ4v) is 3.02. The van der Waals surface area contributed by atoms with Gasteiger partial charge in [-0.3, -0.25) is 0 Å². The first kappa shape index (κ1) is 13.7. The maximum atomic E-state index is 3.78. The second kappa shape index (κ2) is 7.07. The van der Waals surface area contributed by atoms with Crippen LogP contribution in [0.4, 0.5) is 0 Å². The molecule has 2 aliphatic rings. The molecule has 3 nitrogen and oxygen atoms in total. The number of piperidine rings is 2. The summed E-state index contributed by atoms with van der Waals surface area (Å²) in [5.74, 6) is 0. The van der Waals surface area contributed by atoms with Crippen LogP contribution in [0.15, 0.2) is 0 Å². The van der Waals surface area contributed by atoms with E-state index in [1.54, 1.807) is 0 Å². The molecule has 5 heteroatoms. The zero-order valence-electron chi connectivity index (χ0n) is 8.97. The number of nitrogens with one attached hydrogen (secondary N) is 3. The third kappa shape index (κ3) is 4.57. The molecule has 0 spiro atoms. The molecule has 0 aromatic heterocycles. The molecular formula is C10H21BrClN3. The first-order valence-corrected chi connectivity index (χ1v) is 6.60. The average Bonchev–Trinajstić information content (AvgIpc) is 2.19. The van der Waals surface area contributed by atoms with E-state index in [1.807, 2.05) is 0 Å². The van der Waals surface area contributed by atoms with Gasteiger partial charge in [0.25, 0.3) is 0 Å². The van der Waals surface area contributed by atoms with Crippen molar-refractivity contribution >= 4 is 28.3 Å². The Kier molecular flexibility index (Phi) is 6.46. The van der Waals surface area contributed by atoms with E-state index >= 15 is 0 Å². The fourth-order valence-electron chi connectivity index (χ4n) is 2.34. The molecule has 0 aromatic carbocycles. The van der Waals surface area contributed by atoms with Gasteiger partial charge in [-0.25, -0.2) is 0 Å².